The van der Waals surface area contributed by atoms with Crippen molar-refractivity contribution in [2.45, 2.75) is 36.6 Å². The molecule has 2 rings (SSSR count). The van der Waals surface area contributed by atoms with Gasteiger partial charge in [-0.25, -0.2) is 21.9 Å². The smallest absolute Gasteiger partial charge is 0.251 e. The van der Waals surface area contributed by atoms with Crippen molar-refractivity contribution in [1.82, 2.24) is 15.4 Å². The third kappa shape index (κ3) is 6.85. The molecule has 10 heteroatoms. The summed E-state index contributed by atoms with van der Waals surface area (Å²) in [4.78, 5) is 11.8. The molecule has 1 fully saturated rings. The lowest BCUT2D eigenvalue weighted by Gasteiger charge is -2.11. The molecule has 1 aromatic carbocycles. The van der Waals surface area contributed by atoms with Crippen LogP contribution in [-0.2, 0) is 10.0 Å². The fraction of sp³-hybridized carbons (Fsp3) is 0.533. The molecule has 1 aliphatic rings. The van der Waals surface area contributed by atoms with E-state index in [1.165, 1.54) is 24.3 Å². The molecule has 6 nitrogen and oxygen atoms in total. The molecular formula is C15H22ClF2N3O3S. The van der Waals surface area contributed by atoms with Crippen molar-refractivity contribution in [3.05, 3.63) is 29.8 Å². The van der Waals surface area contributed by atoms with Gasteiger partial charge >= 0.3 is 0 Å². The van der Waals surface area contributed by atoms with Gasteiger partial charge in [-0.1, -0.05) is 0 Å². The molecule has 1 amide bonds. The van der Waals surface area contributed by atoms with Gasteiger partial charge in [0.2, 0.25) is 10.0 Å². The molecule has 0 saturated carbocycles. The average molecular weight is 398 g/mol. The van der Waals surface area contributed by atoms with Crippen molar-refractivity contribution in [2.24, 2.45) is 0 Å². The van der Waals surface area contributed by atoms with Crippen LogP contribution in [0.4, 0.5) is 8.78 Å². The summed E-state index contributed by atoms with van der Waals surface area (Å²) < 4.78 is 49.6. The number of carbonyl (C=O) groups is 1. The Morgan fingerprint density at radius 1 is 1.28 bits per heavy atom. The van der Waals surface area contributed by atoms with E-state index in [-0.39, 0.29) is 23.2 Å². The number of hydrogen-bond acceptors (Lipinski definition) is 4. The van der Waals surface area contributed by atoms with Gasteiger partial charge in [0.05, 0.1) is 11.4 Å². The Kier molecular flexibility index (Phi) is 8.70. The maximum atomic E-state index is 12.1. The molecule has 1 atom stereocenters. The summed E-state index contributed by atoms with van der Waals surface area (Å²) in [6, 6.07) is 5.60. The summed E-state index contributed by atoms with van der Waals surface area (Å²) in [6.07, 6.45) is 0.331. The third-order valence-electron chi connectivity index (χ3n) is 3.80. The summed E-state index contributed by atoms with van der Waals surface area (Å²) in [5, 5.41) is 6.12. The number of sulfonamides is 1. The molecule has 142 valence electrons. The molecule has 0 bridgehead atoms. The zero-order chi connectivity index (χ0) is 17.6. The normalized spacial score (nSPS) is 17.3. The minimum absolute atomic E-state index is 0. The van der Waals surface area contributed by atoms with Crippen molar-refractivity contribution in [1.29, 1.82) is 0 Å². The molecule has 1 saturated heterocycles. The number of hydrogen-bond donors (Lipinski definition) is 3. The first-order chi connectivity index (χ1) is 11.4. The number of alkyl halides is 2. The van der Waals surface area contributed by atoms with Crippen LogP contribution >= 0.6 is 12.4 Å². The van der Waals surface area contributed by atoms with Crippen molar-refractivity contribution in [2.75, 3.05) is 19.6 Å². The first-order valence-electron chi connectivity index (χ1n) is 7.78. The van der Waals surface area contributed by atoms with Crippen LogP contribution in [0.15, 0.2) is 29.2 Å². The van der Waals surface area contributed by atoms with E-state index in [1.807, 2.05) is 0 Å². The van der Waals surface area contributed by atoms with Crippen LogP contribution in [0, 0.1) is 0 Å². The van der Waals surface area contributed by atoms with Crippen molar-refractivity contribution < 1.29 is 22.0 Å². The minimum atomic E-state index is -4.00. The highest BCUT2D eigenvalue weighted by Crippen LogP contribution is 2.11. The van der Waals surface area contributed by atoms with Gasteiger partial charge in [0.25, 0.3) is 12.3 Å². The van der Waals surface area contributed by atoms with Gasteiger partial charge in [-0.15, -0.1) is 12.4 Å². The van der Waals surface area contributed by atoms with Crippen LogP contribution < -0.4 is 15.4 Å². The molecule has 0 aliphatic carbocycles. The maximum Gasteiger partial charge on any atom is 0.251 e. The molecular weight excluding hydrogens is 376 g/mol. The van der Waals surface area contributed by atoms with Gasteiger partial charge in [-0.2, -0.15) is 0 Å². The Morgan fingerprint density at radius 2 is 1.96 bits per heavy atom. The molecule has 3 N–H and O–H groups in total. The Bertz CT molecular complexity index is 650. The quantitative estimate of drug-likeness (QED) is 0.620. The standard InChI is InChI=1S/C15H21F2N3O3S.ClH/c16-14(17)10-20-24(22,23)13-5-3-11(4-6-13)15(21)19-9-7-12-2-1-8-18-12;/h3-6,12,14,18,20H,1-2,7-10H2,(H,19,21);1H/t12-;/m1./s1. The largest absolute Gasteiger partial charge is 0.352 e. The number of benzene rings is 1. The van der Waals surface area contributed by atoms with E-state index in [4.69, 9.17) is 0 Å². The van der Waals surface area contributed by atoms with Gasteiger partial charge in [0, 0.05) is 18.2 Å². The number of nitrogens with one attached hydrogen (secondary N) is 3. The van der Waals surface area contributed by atoms with E-state index in [0.29, 0.717) is 18.2 Å². The van der Waals surface area contributed by atoms with Crippen molar-refractivity contribution in [3.63, 3.8) is 0 Å². The number of carbonyl (C=O) groups excluding carboxylic acids is 1. The third-order valence-corrected chi connectivity index (χ3v) is 5.23. The maximum absolute atomic E-state index is 12.1. The summed E-state index contributed by atoms with van der Waals surface area (Å²) >= 11 is 0. The van der Waals surface area contributed by atoms with E-state index in [2.05, 4.69) is 10.6 Å². The lowest BCUT2D eigenvalue weighted by Crippen LogP contribution is -2.30. The lowest BCUT2D eigenvalue weighted by molar-refractivity contribution is 0.0952. The second-order valence-electron chi connectivity index (χ2n) is 5.61. The SMILES string of the molecule is Cl.O=C(NCC[C@H]1CCCN1)c1ccc(S(=O)(=O)NCC(F)F)cc1. The predicted octanol–water partition coefficient (Wildman–Crippen LogP) is 1.52. The van der Waals surface area contributed by atoms with Crippen LogP contribution in [0.25, 0.3) is 0 Å². The highest BCUT2D eigenvalue weighted by molar-refractivity contribution is 7.89. The molecule has 0 unspecified atom stereocenters. The van der Waals surface area contributed by atoms with Crippen LogP contribution in [0.2, 0.25) is 0 Å². The highest BCUT2D eigenvalue weighted by Gasteiger charge is 2.17. The second kappa shape index (κ2) is 10.0. The van der Waals surface area contributed by atoms with E-state index in [1.54, 1.807) is 4.72 Å². The predicted molar refractivity (Wildman–Crippen MR) is 92.9 cm³/mol. The van der Waals surface area contributed by atoms with Crippen molar-refractivity contribution >= 4 is 28.3 Å². The summed E-state index contributed by atoms with van der Waals surface area (Å²) in [5.74, 6) is -0.294. The molecule has 0 spiro atoms. The van der Waals surface area contributed by atoms with Gasteiger partial charge < -0.3 is 10.6 Å². The highest BCUT2D eigenvalue weighted by atomic mass is 35.5. The fourth-order valence-electron chi connectivity index (χ4n) is 2.51. The molecule has 25 heavy (non-hydrogen) atoms. The molecule has 1 heterocycles. The summed E-state index contributed by atoms with van der Waals surface area (Å²) in [6.45, 7) is 0.598. The number of rotatable bonds is 8. The van der Waals surface area contributed by atoms with Crippen LogP contribution in [0.3, 0.4) is 0 Å². The lowest BCUT2D eigenvalue weighted by atomic mass is 10.1. The van der Waals surface area contributed by atoms with Gasteiger partial charge in [-0.05, 0) is 50.1 Å². The molecule has 0 radical (unpaired) electrons. The summed E-state index contributed by atoms with van der Waals surface area (Å²) in [7, 11) is -4.00. The molecule has 1 aromatic rings. The Hall–Kier alpha value is -1.29. The summed E-state index contributed by atoms with van der Waals surface area (Å²) in [5.41, 5.74) is 0.321. The zero-order valence-electron chi connectivity index (χ0n) is 13.5. The monoisotopic (exact) mass is 397 g/mol. The Balaban J connectivity index is 0.00000312. The van der Waals surface area contributed by atoms with Crippen molar-refractivity contribution in [3.8, 4) is 0 Å². The fourth-order valence-corrected chi connectivity index (χ4v) is 3.51. The Morgan fingerprint density at radius 3 is 2.52 bits per heavy atom. The van der Waals surface area contributed by atoms with E-state index < -0.39 is 23.0 Å². The van der Waals surface area contributed by atoms with Gasteiger partial charge in [0.15, 0.2) is 0 Å². The van der Waals surface area contributed by atoms with Gasteiger partial charge in [-0.3, -0.25) is 4.79 Å². The molecule has 1 aliphatic heterocycles. The number of amides is 1. The topological polar surface area (TPSA) is 87.3 Å². The van der Waals surface area contributed by atoms with Crippen LogP contribution in [0.1, 0.15) is 29.6 Å². The Labute approximate surface area is 152 Å². The first kappa shape index (κ1) is 21.8. The second-order valence-corrected chi connectivity index (χ2v) is 7.37. The van der Waals surface area contributed by atoms with E-state index in [0.717, 1.165) is 25.8 Å². The zero-order valence-corrected chi connectivity index (χ0v) is 15.1. The molecule has 0 aromatic heterocycles. The minimum Gasteiger partial charge on any atom is -0.352 e. The van der Waals surface area contributed by atoms with E-state index in [9.17, 15) is 22.0 Å². The van der Waals surface area contributed by atoms with Crippen LogP contribution in [0.5, 0.6) is 0 Å². The average Bonchev–Trinajstić information content (AvgIpc) is 3.06. The van der Waals surface area contributed by atoms with Crippen LogP contribution in [-0.4, -0.2) is 46.4 Å². The number of halogens is 3. The first-order valence-corrected chi connectivity index (χ1v) is 9.26. The van der Waals surface area contributed by atoms with E-state index >= 15 is 0 Å². The van der Waals surface area contributed by atoms with Gasteiger partial charge in [0.1, 0.15) is 0 Å².